The summed E-state index contributed by atoms with van der Waals surface area (Å²) in [6.07, 6.45) is 0.309. The second-order valence-corrected chi connectivity index (χ2v) is 5.66. The van der Waals surface area contributed by atoms with Gasteiger partial charge in [0, 0.05) is 30.2 Å². The number of hydrogen-bond donors (Lipinski definition) is 3. The molecule has 7 heteroatoms. The van der Waals surface area contributed by atoms with Crippen LogP contribution >= 0.6 is 35.6 Å². The molecule has 22 heavy (non-hydrogen) atoms. The van der Waals surface area contributed by atoms with Crippen molar-refractivity contribution in [2.75, 3.05) is 18.4 Å². The molecule has 0 aromatic heterocycles. The Morgan fingerprint density at radius 3 is 2.73 bits per heavy atom. The first kappa shape index (κ1) is 21.0. The summed E-state index contributed by atoms with van der Waals surface area (Å²) in [7, 11) is 0. The number of rotatable bonds is 6. The molecule has 0 saturated carbocycles. The number of nitrogens with two attached hydrogens (primary N) is 1. The van der Waals surface area contributed by atoms with Crippen molar-refractivity contribution in [2.24, 2.45) is 16.6 Å². The van der Waals surface area contributed by atoms with Crippen LogP contribution < -0.4 is 16.4 Å². The number of amides is 1. The van der Waals surface area contributed by atoms with Crippen LogP contribution in [0.3, 0.4) is 0 Å². The first-order valence-corrected chi connectivity index (χ1v) is 7.36. The Hall–Kier alpha value is -1.02. The highest BCUT2D eigenvalue weighted by Gasteiger charge is 2.06. The van der Waals surface area contributed by atoms with Crippen molar-refractivity contribution in [1.82, 2.24) is 5.32 Å². The van der Waals surface area contributed by atoms with Gasteiger partial charge in [-0.05, 0) is 30.5 Å². The van der Waals surface area contributed by atoms with Crippen LogP contribution in [-0.2, 0) is 4.79 Å². The lowest BCUT2D eigenvalue weighted by Gasteiger charge is -2.10. The largest absolute Gasteiger partial charge is 0.370 e. The van der Waals surface area contributed by atoms with Crippen LogP contribution in [0.2, 0.25) is 5.02 Å². The molecule has 124 valence electrons. The van der Waals surface area contributed by atoms with E-state index in [4.69, 9.17) is 17.3 Å². The van der Waals surface area contributed by atoms with E-state index < -0.39 is 0 Å². The maximum Gasteiger partial charge on any atom is 0.226 e. The fraction of sp³-hybridized carbons (Fsp3) is 0.467. The first-order valence-electron chi connectivity index (χ1n) is 6.99. The minimum Gasteiger partial charge on any atom is -0.370 e. The standard InChI is InChI=1S/C15H23ClN4O.HI/c1-10(2)9-19-15(17)18-8-7-14(21)20-13-6-4-5-12(16)11(13)3;/h4-6,10H,7-9H2,1-3H3,(H,20,21)(H3,17,18,19);1H. The monoisotopic (exact) mass is 438 g/mol. The topological polar surface area (TPSA) is 79.5 Å². The molecule has 1 aromatic rings. The van der Waals surface area contributed by atoms with Crippen molar-refractivity contribution in [3.63, 3.8) is 0 Å². The normalized spacial score (nSPS) is 11.0. The van der Waals surface area contributed by atoms with Gasteiger partial charge in [0.15, 0.2) is 5.96 Å². The zero-order valence-corrected chi connectivity index (χ0v) is 16.2. The summed E-state index contributed by atoms with van der Waals surface area (Å²) in [5.41, 5.74) is 7.28. The summed E-state index contributed by atoms with van der Waals surface area (Å²) in [6, 6.07) is 5.42. The van der Waals surface area contributed by atoms with Gasteiger partial charge >= 0.3 is 0 Å². The van der Waals surface area contributed by atoms with E-state index in [9.17, 15) is 4.79 Å². The molecule has 0 unspecified atom stereocenters. The van der Waals surface area contributed by atoms with E-state index in [2.05, 4.69) is 29.5 Å². The summed E-state index contributed by atoms with van der Waals surface area (Å²) in [6.45, 7) is 7.12. The molecule has 0 aliphatic rings. The van der Waals surface area contributed by atoms with Gasteiger partial charge in [-0.15, -0.1) is 24.0 Å². The Kier molecular flexibility index (Phi) is 10.2. The number of nitrogens with zero attached hydrogens (tertiary/aromatic N) is 1. The third kappa shape index (κ3) is 7.84. The number of hydrogen-bond acceptors (Lipinski definition) is 2. The van der Waals surface area contributed by atoms with Gasteiger partial charge in [0.1, 0.15) is 0 Å². The maximum atomic E-state index is 11.8. The minimum atomic E-state index is -0.0930. The summed E-state index contributed by atoms with van der Waals surface area (Å²) < 4.78 is 0. The molecule has 0 fully saturated rings. The molecule has 4 N–H and O–H groups in total. The Labute approximate surface area is 154 Å². The van der Waals surface area contributed by atoms with Gasteiger partial charge < -0.3 is 16.4 Å². The Balaban J connectivity index is 0.00000441. The van der Waals surface area contributed by atoms with Gasteiger partial charge in [-0.25, -0.2) is 0 Å². The number of anilines is 1. The summed E-state index contributed by atoms with van der Waals surface area (Å²) in [4.78, 5) is 16.0. The summed E-state index contributed by atoms with van der Waals surface area (Å²) in [5, 5.41) is 6.39. The van der Waals surface area contributed by atoms with E-state index in [1.165, 1.54) is 0 Å². The first-order chi connectivity index (χ1) is 9.90. The van der Waals surface area contributed by atoms with Crippen LogP contribution in [0.4, 0.5) is 5.69 Å². The van der Waals surface area contributed by atoms with Crippen LogP contribution in [0.15, 0.2) is 23.2 Å². The number of halogens is 2. The Morgan fingerprint density at radius 2 is 2.09 bits per heavy atom. The highest BCUT2D eigenvalue weighted by molar-refractivity contribution is 14.0. The average Bonchev–Trinajstić information content (AvgIpc) is 2.41. The third-order valence-corrected chi connectivity index (χ3v) is 3.24. The van der Waals surface area contributed by atoms with E-state index in [-0.39, 0.29) is 29.9 Å². The van der Waals surface area contributed by atoms with E-state index in [1.54, 1.807) is 12.1 Å². The second kappa shape index (κ2) is 10.7. The minimum absolute atomic E-state index is 0. The molecule has 1 rings (SSSR count). The number of carbonyl (C=O) groups is 1. The van der Waals surface area contributed by atoms with Crippen molar-refractivity contribution < 1.29 is 4.79 Å². The zero-order valence-electron chi connectivity index (χ0n) is 13.1. The third-order valence-electron chi connectivity index (χ3n) is 2.83. The van der Waals surface area contributed by atoms with Crippen LogP contribution in [-0.4, -0.2) is 25.0 Å². The number of carbonyl (C=O) groups excluding carboxylic acids is 1. The lowest BCUT2D eigenvalue weighted by Crippen LogP contribution is -2.34. The molecule has 5 nitrogen and oxygen atoms in total. The van der Waals surface area contributed by atoms with Crippen LogP contribution in [0, 0.1) is 12.8 Å². The average molecular weight is 439 g/mol. The van der Waals surface area contributed by atoms with Crippen molar-refractivity contribution >= 4 is 53.1 Å². The van der Waals surface area contributed by atoms with Crippen molar-refractivity contribution in [3.8, 4) is 0 Å². The predicted molar refractivity (Wildman–Crippen MR) is 104 cm³/mol. The quantitative estimate of drug-likeness (QED) is 0.363. The molecule has 1 amide bonds. The van der Waals surface area contributed by atoms with Crippen molar-refractivity contribution in [3.05, 3.63) is 28.8 Å². The summed E-state index contributed by atoms with van der Waals surface area (Å²) in [5.74, 6) is 0.736. The highest BCUT2D eigenvalue weighted by Crippen LogP contribution is 2.22. The zero-order chi connectivity index (χ0) is 15.8. The fourth-order valence-corrected chi connectivity index (χ4v) is 1.77. The molecule has 0 aliphatic carbocycles. The number of guanidine groups is 1. The van der Waals surface area contributed by atoms with Crippen LogP contribution in [0.25, 0.3) is 0 Å². The number of benzene rings is 1. The Morgan fingerprint density at radius 1 is 1.41 bits per heavy atom. The summed E-state index contributed by atoms with van der Waals surface area (Å²) >= 11 is 6.01. The predicted octanol–water partition coefficient (Wildman–Crippen LogP) is 3.16. The SMILES string of the molecule is Cc1c(Cl)cccc1NC(=O)CCNC(N)=NCC(C)C.I. The van der Waals surface area contributed by atoms with Crippen LogP contribution in [0.5, 0.6) is 0 Å². The van der Waals surface area contributed by atoms with Crippen LogP contribution in [0.1, 0.15) is 25.8 Å². The highest BCUT2D eigenvalue weighted by atomic mass is 127. The van der Waals surface area contributed by atoms with Crippen molar-refractivity contribution in [2.45, 2.75) is 27.2 Å². The van der Waals surface area contributed by atoms with Gasteiger partial charge in [-0.1, -0.05) is 31.5 Å². The van der Waals surface area contributed by atoms with Gasteiger partial charge in [0.2, 0.25) is 5.91 Å². The molecule has 0 aliphatic heterocycles. The number of nitrogens with one attached hydrogen (secondary N) is 2. The lowest BCUT2D eigenvalue weighted by molar-refractivity contribution is -0.116. The smallest absolute Gasteiger partial charge is 0.226 e. The van der Waals surface area contributed by atoms with E-state index >= 15 is 0 Å². The molecule has 0 saturated heterocycles. The number of aliphatic imine (C=N–C) groups is 1. The molecule has 0 radical (unpaired) electrons. The lowest BCUT2D eigenvalue weighted by atomic mass is 10.2. The van der Waals surface area contributed by atoms with E-state index in [1.807, 2.05) is 13.0 Å². The van der Waals surface area contributed by atoms with E-state index in [0.717, 1.165) is 11.3 Å². The molecule has 0 atom stereocenters. The van der Waals surface area contributed by atoms with Gasteiger partial charge in [0.25, 0.3) is 0 Å². The molecular formula is C15H24ClIN4O. The fourth-order valence-electron chi connectivity index (χ4n) is 1.60. The molecule has 0 bridgehead atoms. The van der Waals surface area contributed by atoms with E-state index in [0.29, 0.717) is 36.4 Å². The molecule has 0 spiro atoms. The molecule has 0 heterocycles. The maximum absolute atomic E-state index is 11.8. The van der Waals surface area contributed by atoms with Gasteiger partial charge in [0.05, 0.1) is 0 Å². The van der Waals surface area contributed by atoms with Gasteiger partial charge in [-0.2, -0.15) is 0 Å². The van der Waals surface area contributed by atoms with Gasteiger partial charge in [-0.3, -0.25) is 9.79 Å². The Bertz CT molecular complexity index is 520. The second-order valence-electron chi connectivity index (χ2n) is 5.26. The molecular weight excluding hydrogens is 415 g/mol. The molecule has 1 aromatic carbocycles. The van der Waals surface area contributed by atoms with Crippen molar-refractivity contribution in [1.29, 1.82) is 0 Å².